The number of hydrogen-bond donors (Lipinski definition) is 3. The van der Waals surface area contributed by atoms with E-state index in [-0.39, 0.29) is 0 Å². The number of nitrogens with one attached hydrogen (secondary N) is 2. The van der Waals surface area contributed by atoms with Crippen molar-refractivity contribution >= 4 is 57.5 Å². The smallest absolute Gasteiger partial charge is 0.323 e. The number of nitrogens with two attached hydrogens (primary N) is 1. The first-order chi connectivity index (χ1) is 15.4. The number of nitrogen functional groups attached to an aromatic ring is 1. The molecule has 2 amide bonds. The van der Waals surface area contributed by atoms with Crippen LogP contribution in [-0.4, -0.2) is 20.8 Å². The third-order valence-corrected chi connectivity index (χ3v) is 6.03. The molecule has 1 aliphatic carbocycles. The van der Waals surface area contributed by atoms with Crippen LogP contribution in [0.25, 0.3) is 22.2 Å². The van der Waals surface area contributed by atoms with Gasteiger partial charge in [0.1, 0.15) is 0 Å². The number of anilines is 3. The van der Waals surface area contributed by atoms with E-state index in [0.29, 0.717) is 33.2 Å². The molecule has 32 heavy (non-hydrogen) atoms. The van der Waals surface area contributed by atoms with Gasteiger partial charge in [-0.3, -0.25) is 0 Å². The number of carbonyl (C=O) groups excluding carboxylic acids is 1. The lowest BCUT2D eigenvalue weighted by atomic mass is 10.0. The van der Waals surface area contributed by atoms with Crippen LogP contribution < -0.4 is 16.4 Å². The van der Waals surface area contributed by atoms with Gasteiger partial charge in [-0.2, -0.15) is 5.10 Å². The first-order valence-electron chi connectivity index (χ1n) is 10.2. The van der Waals surface area contributed by atoms with Crippen molar-refractivity contribution < 1.29 is 4.79 Å². The van der Waals surface area contributed by atoms with E-state index in [2.05, 4.69) is 21.8 Å². The van der Waals surface area contributed by atoms with E-state index in [1.165, 1.54) is 0 Å². The predicted molar refractivity (Wildman–Crippen MR) is 129 cm³/mol. The molecule has 0 saturated heterocycles. The van der Waals surface area contributed by atoms with Gasteiger partial charge in [-0.25, -0.2) is 14.5 Å². The summed E-state index contributed by atoms with van der Waals surface area (Å²) < 4.78 is 1.72. The van der Waals surface area contributed by atoms with E-state index < -0.39 is 6.03 Å². The van der Waals surface area contributed by atoms with Crippen LogP contribution in [-0.2, 0) is 7.05 Å². The first-order valence-corrected chi connectivity index (χ1v) is 10.9. The minimum absolute atomic E-state index is 0.405. The SMILES string of the molecule is Cn1nc(N)c2c(-c3ccc(NC(=O)Nc4cc(Cl)ccc4Cl)cc3)cc(C3CC3)nc21. The van der Waals surface area contributed by atoms with Gasteiger partial charge in [0.05, 0.1) is 16.1 Å². The molecule has 1 saturated carbocycles. The Balaban J connectivity index is 1.41. The summed E-state index contributed by atoms with van der Waals surface area (Å²) in [6, 6.07) is 14.1. The maximum atomic E-state index is 12.4. The Morgan fingerprint density at radius 2 is 1.84 bits per heavy atom. The summed E-state index contributed by atoms with van der Waals surface area (Å²) in [6.07, 6.45) is 2.31. The van der Waals surface area contributed by atoms with Crippen LogP contribution in [0, 0.1) is 0 Å². The number of aryl methyl sites for hydroxylation is 1. The first kappa shape index (κ1) is 20.6. The predicted octanol–water partition coefficient (Wildman–Crippen LogP) is 6.05. The molecular formula is C23H20Cl2N6O. The molecule has 1 aliphatic rings. The molecule has 7 nitrogen and oxygen atoms in total. The molecule has 0 radical (unpaired) electrons. The monoisotopic (exact) mass is 466 g/mol. The molecule has 162 valence electrons. The molecule has 2 aromatic heterocycles. The summed E-state index contributed by atoms with van der Waals surface area (Å²) in [7, 11) is 1.85. The van der Waals surface area contributed by atoms with Crippen molar-refractivity contribution in [3.05, 3.63) is 64.3 Å². The van der Waals surface area contributed by atoms with Crippen LogP contribution in [0.4, 0.5) is 22.0 Å². The summed E-state index contributed by atoms with van der Waals surface area (Å²) in [4.78, 5) is 17.2. The molecule has 0 unspecified atom stereocenters. The minimum atomic E-state index is -0.416. The van der Waals surface area contributed by atoms with E-state index in [4.69, 9.17) is 33.9 Å². The fourth-order valence-corrected chi connectivity index (χ4v) is 4.06. The second-order valence-corrected chi connectivity index (χ2v) is 8.70. The van der Waals surface area contributed by atoms with E-state index in [1.54, 1.807) is 22.9 Å². The van der Waals surface area contributed by atoms with Crippen LogP contribution in [0.1, 0.15) is 24.5 Å². The molecule has 0 spiro atoms. The summed E-state index contributed by atoms with van der Waals surface area (Å²) in [6.45, 7) is 0. The molecule has 9 heteroatoms. The van der Waals surface area contributed by atoms with Crippen LogP contribution in [0.2, 0.25) is 10.0 Å². The standard InChI is InChI=1S/C23H20Cl2N6O/c1-31-22-20(21(26)30-31)16(11-18(28-22)13-2-3-13)12-4-7-15(8-5-12)27-23(32)29-19-10-14(24)6-9-17(19)25/h4-11,13H,2-3H2,1H3,(H2,26,30)(H2,27,29,32). The summed E-state index contributed by atoms with van der Waals surface area (Å²) in [5.41, 5.74) is 11.1. The van der Waals surface area contributed by atoms with E-state index >= 15 is 0 Å². The highest BCUT2D eigenvalue weighted by molar-refractivity contribution is 6.35. The lowest BCUT2D eigenvalue weighted by Crippen LogP contribution is -2.19. The molecule has 0 bridgehead atoms. The summed E-state index contributed by atoms with van der Waals surface area (Å²) in [5.74, 6) is 0.949. The molecule has 1 fully saturated rings. The van der Waals surface area contributed by atoms with Crippen molar-refractivity contribution in [1.82, 2.24) is 14.8 Å². The fraction of sp³-hybridized carbons (Fsp3) is 0.174. The Hall–Kier alpha value is -3.29. The second kappa shape index (κ2) is 8.00. The van der Waals surface area contributed by atoms with Crippen molar-refractivity contribution in [2.45, 2.75) is 18.8 Å². The molecule has 5 rings (SSSR count). The minimum Gasteiger partial charge on any atom is -0.382 e. The number of nitrogens with zero attached hydrogens (tertiary/aromatic N) is 3. The molecule has 2 aromatic carbocycles. The third-order valence-electron chi connectivity index (χ3n) is 5.47. The number of urea groups is 1. The lowest BCUT2D eigenvalue weighted by Gasteiger charge is -2.11. The van der Waals surface area contributed by atoms with E-state index in [1.807, 2.05) is 31.3 Å². The van der Waals surface area contributed by atoms with Gasteiger partial charge in [0.25, 0.3) is 0 Å². The maximum Gasteiger partial charge on any atom is 0.323 e. The van der Waals surface area contributed by atoms with Gasteiger partial charge in [0.2, 0.25) is 0 Å². The van der Waals surface area contributed by atoms with Crippen LogP contribution in [0.5, 0.6) is 0 Å². The number of halogens is 2. The van der Waals surface area contributed by atoms with Gasteiger partial charge in [0, 0.05) is 29.4 Å². The van der Waals surface area contributed by atoms with Gasteiger partial charge in [-0.15, -0.1) is 0 Å². The Morgan fingerprint density at radius 3 is 2.56 bits per heavy atom. The van der Waals surface area contributed by atoms with Crippen molar-refractivity contribution in [2.75, 3.05) is 16.4 Å². The highest BCUT2D eigenvalue weighted by Gasteiger charge is 2.27. The average molecular weight is 467 g/mol. The zero-order chi connectivity index (χ0) is 22.4. The zero-order valence-corrected chi connectivity index (χ0v) is 18.7. The Labute approximate surface area is 194 Å². The third kappa shape index (κ3) is 3.97. The van der Waals surface area contributed by atoms with Crippen LogP contribution in [0.15, 0.2) is 48.5 Å². The van der Waals surface area contributed by atoms with Crippen LogP contribution >= 0.6 is 23.2 Å². The molecule has 2 heterocycles. The lowest BCUT2D eigenvalue weighted by molar-refractivity contribution is 0.262. The molecular weight excluding hydrogens is 447 g/mol. The van der Waals surface area contributed by atoms with Crippen molar-refractivity contribution in [1.29, 1.82) is 0 Å². The number of hydrogen-bond acceptors (Lipinski definition) is 4. The molecule has 0 atom stereocenters. The van der Waals surface area contributed by atoms with E-state index in [9.17, 15) is 4.79 Å². The summed E-state index contributed by atoms with van der Waals surface area (Å²) in [5, 5.41) is 11.6. The van der Waals surface area contributed by atoms with Gasteiger partial charge < -0.3 is 16.4 Å². The average Bonchev–Trinajstić information content (AvgIpc) is 3.57. The molecule has 4 N–H and O–H groups in total. The Morgan fingerprint density at radius 1 is 1.09 bits per heavy atom. The maximum absolute atomic E-state index is 12.4. The molecule has 0 aliphatic heterocycles. The van der Waals surface area contributed by atoms with Crippen molar-refractivity contribution in [3.8, 4) is 11.1 Å². The largest absolute Gasteiger partial charge is 0.382 e. The van der Waals surface area contributed by atoms with Crippen LogP contribution in [0.3, 0.4) is 0 Å². The zero-order valence-electron chi connectivity index (χ0n) is 17.2. The second-order valence-electron chi connectivity index (χ2n) is 7.86. The van der Waals surface area contributed by atoms with Gasteiger partial charge in [-0.1, -0.05) is 35.3 Å². The topological polar surface area (TPSA) is 97.9 Å². The van der Waals surface area contributed by atoms with Crippen molar-refractivity contribution in [3.63, 3.8) is 0 Å². The van der Waals surface area contributed by atoms with Gasteiger partial charge in [-0.05, 0) is 60.4 Å². The number of amides is 2. The number of aromatic nitrogens is 3. The van der Waals surface area contributed by atoms with E-state index in [0.717, 1.165) is 40.7 Å². The number of fused-ring (bicyclic) bond motifs is 1. The number of benzene rings is 2. The quantitative estimate of drug-likeness (QED) is 0.341. The Kier molecular flexibility index (Phi) is 5.15. The number of carbonyl (C=O) groups is 1. The highest BCUT2D eigenvalue weighted by Crippen LogP contribution is 2.42. The van der Waals surface area contributed by atoms with Gasteiger partial charge in [0.15, 0.2) is 11.5 Å². The normalized spacial score (nSPS) is 13.3. The summed E-state index contributed by atoms with van der Waals surface area (Å²) >= 11 is 12.1. The van der Waals surface area contributed by atoms with Gasteiger partial charge >= 0.3 is 6.03 Å². The Bertz CT molecular complexity index is 1350. The highest BCUT2D eigenvalue weighted by atomic mass is 35.5. The van der Waals surface area contributed by atoms with Crippen molar-refractivity contribution in [2.24, 2.45) is 7.05 Å². The fourth-order valence-electron chi connectivity index (χ4n) is 3.72. The molecule has 4 aromatic rings. The number of pyridine rings is 1. The number of rotatable bonds is 4.